The Morgan fingerprint density at radius 3 is 2.54 bits per heavy atom. The number of benzene rings is 2. The van der Waals surface area contributed by atoms with Crippen molar-refractivity contribution in [2.24, 2.45) is 5.92 Å². The minimum Gasteiger partial charge on any atom is -0.305 e. The fraction of sp³-hybridized carbons (Fsp3) is 0.387. The number of likely N-dealkylation sites (N-methyl/N-ethyl adjacent to an activating group) is 1. The van der Waals surface area contributed by atoms with Gasteiger partial charge in [0.1, 0.15) is 0 Å². The highest BCUT2D eigenvalue weighted by molar-refractivity contribution is 6.21. The molecule has 1 saturated heterocycles. The third-order valence-corrected chi connectivity index (χ3v) is 9.01. The van der Waals surface area contributed by atoms with Crippen LogP contribution in [0, 0.1) is 5.92 Å². The first-order valence-electron chi connectivity index (χ1n) is 14.0. The fourth-order valence-corrected chi connectivity index (χ4v) is 6.53. The number of nitrogens with zero attached hydrogens (tertiary/aromatic N) is 5. The molecule has 2 amide bonds. The zero-order chi connectivity index (χ0) is 26.2. The van der Waals surface area contributed by atoms with E-state index in [1.807, 2.05) is 18.3 Å². The molecule has 3 fully saturated rings. The average Bonchev–Trinajstić information content (AvgIpc) is 3.59. The lowest BCUT2D eigenvalue weighted by Gasteiger charge is -2.36. The van der Waals surface area contributed by atoms with Gasteiger partial charge in [-0.2, -0.15) is 5.10 Å². The number of hydrogen-bond acceptors (Lipinski definition) is 6. The standard InChI is InChI=1S/C31H30N6O2/c1-36-14-21(15-36)20-5-7-26-27(12-20)33-28(13-32-26)25-16-37(35-29(25)19-3-4-19)22-9-18(10-22)8-17-2-6-23-24(11-17)31(39)34-30(23)38/h2,5-7,11-13,16,18-19,21-22H,3-4,8-10,14-15H2,1H3,(H,34,38,39). The van der Waals surface area contributed by atoms with Crippen molar-refractivity contribution in [2.75, 3.05) is 20.1 Å². The number of hydrogen-bond donors (Lipinski definition) is 1. The van der Waals surface area contributed by atoms with Gasteiger partial charge in [0.05, 0.1) is 45.8 Å². The number of carbonyl (C=O) groups is 2. The fourth-order valence-electron chi connectivity index (χ4n) is 6.53. The van der Waals surface area contributed by atoms with Gasteiger partial charge >= 0.3 is 0 Å². The van der Waals surface area contributed by atoms with Gasteiger partial charge in [0, 0.05) is 36.7 Å². The Hall–Kier alpha value is -3.91. The molecule has 2 aliphatic carbocycles. The van der Waals surface area contributed by atoms with Gasteiger partial charge in [-0.1, -0.05) is 12.1 Å². The van der Waals surface area contributed by atoms with Gasteiger partial charge in [0.15, 0.2) is 0 Å². The maximum absolute atomic E-state index is 12.0. The van der Waals surface area contributed by atoms with Crippen molar-refractivity contribution in [3.8, 4) is 11.3 Å². The Bertz CT molecular complexity index is 1660. The van der Waals surface area contributed by atoms with Crippen LogP contribution in [0.3, 0.4) is 0 Å². The Morgan fingerprint density at radius 2 is 1.74 bits per heavy atom. The molecule has 39 heavy (non-hydrogen) atoms. The SMILES string of the molecule is CN1CC(c2ccc3ncc(-c4cn(C5CC(Cc6ccc7c(c6)C(=O)NC7=O)C5)nc4C4CC4)nc3c2)C1. The van der Waals surface area contributed by atoms with Gasteiger partial charge in [-0.25, -0.2) is 4.98 Å². The molecular formula is C31H30N6O2. The highest BCUT2D eigenvalue weighted by atomic mass is 16.2. The first kappa shape index (κ1) is 23.0. The molecule has 2 aliphatic heterocycles. The second kappa shape index (κ2) is 8.55. The maximum atomic E-state index is 12.0. The Labute approximate surface area is 226 Å². The van der Waals surface area contributed by atoms with E-state index in [2.05, 4.69) is 46.3 Å². The van der Waals surface area contributed by atoms with E-state index >= 15 is 0 Å². The first-order chi connectivity index (χ1) is 19.0. The molecule has 8 rings (SSSR count). The van der Waals surface area contributed by atoms with E-state index in [1.54, 1.807) is 6.07 Å². The lowest BCUT2D eigenvalue weighted by Crippen LogP contribution is -2.41. The Balaban J connectivity index is 1.01. The van der Waals surface area contributed by atoms with Gasteiger partial charge in [-0.3, -0.25) is 24.6 Å². The van der Waals surface area contributed by atoms with Gasteiger partial charge in [0.2, 0.25) is 0 Å². The summed E-state index contributed by atoms with van der Waals surface area (Å²) in [4.78, 5) is 36.1. The van der Waals surface area contributed by atoms with E-state index in [-0.39, 0.29) is 11.8 Å². The molecule has 0 radical (unpaired) electrons. The summed E-state index contributed by atoms with van der Waals surface area (Å²) in [5, 5.41) is 7.47. The number of imide groups is 1. The second-order valence-electron chi connectivity index (χ2n) is 12.0. The summed E-state index contributed by atoms with van der Waals surface area (Å²) >= 11 is 0. The summed E-state index contributed by atoms with van der Waals surface area (Å²) in [6, 6.07) is 12.5. The van der Waals surface area contributed by atoms with Gasteiger partial charge < -0.3 is 4.90 Å². The van der Waals surface area contributed by atoms with Crippen LogP contribution in [0.5, 0.6) is 0 Å². The van der Waals surface area contributed by atoms with Crippen LogP contribution < -0.4 is 5.32 Å². The van der Waals surface area contributed by atoms with Crippen LogP contribution >= 0.6 is 0 Å². The van der Waals surface area contributed by atoms with Crippen LogP contribution in [0.2, 0.25) is 0 Å². The molecule has 0 spiro atoms. The van der Waals surface area contributed by atoms with Crippen molar-refractivity contribution in [3.63, 3.8) is 0 Å². The van der Waals surface area contributed by atoms with Crippen LogP contribution in [-0.2, 0) is 6.42 Å². The van der Waals surface area contributed by atoms with Crippen molar-refractivity contribution < 1.29 is 9.59 Å². The maximum Gasteiger partial charge on any atom is 0.258 e. The van der Waals surface area contributed by atoms with Gasteiger partial charge in [0.25, 0.3) is 11.8 Å². The number of amides is 2. The Kier molecular flexibility index (Phi) is 5.04. The first-order valence-corrected chi connectivity index (χ1v) is 14.0. The highest BCUT2D eigenvalue weighted by Crippen LogP contribution is 2.46. The quantitative estimate of drug-likeness (QED) is 0.379. The van der Waals surface area contributed by atoms with E-state index in [0.717, 1.165) is 65.9 Å². The van der Waals surface area contributed by atoms with Gasteiger partial charge in [-0.05, 0) is 80.5 Å². The van der Waals surface area contributed by atoms with Crippen molar-refractivity contribution in [1.82, 2.24) is 30.0 Å². The number of nitrogens with one attached hydrogen (secondary N) is 1. The number of rotatable bonds is 6. The molecule has 1 N–H and O–H groups in total. The molecular weight excluding hydrogens is 488 g/mol. The normalized spacial score (nSPS) is 23.0. The van der Waals surface area contributed by atoms with Crippen molar-refractivity contribution in [2.45, 2.75) is 50.0 Å². The summed E-state index contributed by atoms with van der Waals surface area (Å²) in [5.41, 5.74) is 8.55. The minimum absolute atomic E-state index is 0.288. The zero-order valence-corrected chi connectivity index (χ0v) is 21.9. The molecule has 4 heterocycles. The van der Waals surface area contributed by atoms with Crippen molar-refractivity contribution in [3.05, 3.63) is 76.7 Å². The lowest BCUT2D eigenvalue weighted by atomic mass is 9.76. The smallest absolute Gasteiger partial charge is 0.258 e. The molecule has 4 aromatic rings. The number of fused-ring (bicyclic) bond motifs is 2. The van der Waals surface area contributed by atoms with Crippen LogP contribution in [0.1, 0.15) is 81.1 Å². The van der Waals surface area contributed by atoms with E-state index in [9.17, 15) is 9.59 Å². The summed E-state index contributed by atoms with van der Waals surface area (Å²) in [7, 11) is 2.16. The number of carbonyl (C=O) groups excluding carboxylic acids is 2. The molecule has 0 unspecified atom stereocenters. The molecule has 8 heteroatoms. The molecule has 8 nitrogen and oxygen atoms in total. The molecule has 2 aromatic heterocycles. The van der Waals surface area contributed by atoms with E-state index < -0.39 is 0 Å². The van der Waals surface area contributed by atoms with Crippen molar-refractivity contribution in [1.29, 1.82) is 0 Å². The lowest BCUT2D eigenvalue weighted by molar-refractivity contribution is 0.0879. The third-order valence-electron chi connectivity index (χ3n) is 9.01. The number of likely N-dealkylation sites (tertiary alicyclic amines) is 1. The monoisotopic (exact) mass is 518 g/mol. The minimum atomic E-state index is -0.297. The summed E-state index contributed by atoms with van der Waals surface area (Å²) in [5.74, 6) is 1.05. The summed E-state index contributed by atoms with van der Waals surface area (Å²) < 4.78 is 2.17. The van der Waals surface area contributed by atoms with Crippen LogP contribution in [0.15, 0.2) is 48.8 Å². The highest BCUT2D eigenvalue weighted by Gasteiger charge is 2.36. The van der Waals surface area contributed by atoms with Crippen molar-refractivity contribution >= 4 is 22.8 Å². The van der Waals surface area contributed by atoms with Crippen LogP contribution in [0.25, 0.3) is 22.3 Å². The molecule has 4 aliphatic rings. The van der Waals surface area contributed by atoms with Gasteiger partial charge in [-0.15, -0.1) is 0 Å². The third kappa shape index (κ3) is 3.97. The molecule has 2 aromatic carbocycles. The second-order valence-corrected chi connectivity index (χ2v) is 12.0. The molecule has 0 bridgehead atoms. The Morgan fingerprint density at radius 1 is 0.923 bits per heavy atom. The number of aromatic nitrogens is 4. The van der Waals surface area contributed by atoms with E-state index in [1.165, 1.54) is 18.4 Å². The molecule has 0 atom stereocenters. The predicted molar refractivity (Wildman–Crippen MR) is 147 cm³/mol. The molecule has 2 saturated carbocycles. The van der Waals surface area contributed by atoms with E-state index in [4.69, 9.17) is 15.1 Å². The summed E-state index contributed by atoms with van der Waals surface area (Å²) in [6.07, 6.45) is 9.49. The zero-order valence-electron chi connectivity index (χ0n) is 21.9. The molecule has 196 valence electrons. The van der Waals surface area contributed by atoms with E-state index in [0.29, 0.717) is 34.9 Å². The topological polar surface area (TPSA) is 93.0 Å². The average molecular weight is 519 g/mol. The van der Waals surface area contributed by atoms with Crippen LogP contribution in [0.4, 0.5) is 0 Å². The van der Waals surface area contributed by atoms with Crippen LogP contribution in [-0.4, -0.2) is 56.6 Å². The predicted octanol–water partition coefficient (Wildman–Crippen LogP) is 4.48. The largest absolute Gasteiger partial charge is 0.305 e. The summed E-state index contributed by atoms with van der Waals surface area (Å²) in [6.45, 7) is 2.20.